The first kappa shape index (κ1) is 12.1. The van der Waals surface area contributed by atoms with Gasteiger partial charge in [0, 0.05) is 31.1 Å². The predicted octanol–water partition coefficient (Wildman–Crippen LogP) is 1.67. The van der Waals surface area contributed by atoms with Crippen LogP contribution in [0, 0.1) is 0 Å². The summed E-state index contributed by atoms with van der Waals surface area (Å²) in [4.78, 5) is 18.9. The Bertz CT molecular complexity index is 611. The molecule has 0 aliphatic carbocycles. The van der Waals surface area contributed by atoms with Gasteiger partial charge in [0.1, 0.15) is 5.69 Å². The average Bonchev–Trinajstić information content (AvgIpc) is 2.46. The number of nitrogens with one attached hydrogen (secondary N) is 1. The van der Waals surface area contributed by atoms with Crippen LogP contribution in [0.5, 0.6) is 0 Å². The monoisotopic (exact) mass is 255 g/mol. The number of fused-ring (bicyclic) bond motifs is 1. The fourth-order valence-corrected chi connectivity index (χ4v) is 2.48. The van der Waals surface area contributed by atoms with E-state index in [4.69, 9.17) is 0 Å². The van der Waals surface area contributed by atoms with Crippen molar-refractivity contribution in [3.05, 3.63) is 42.1 Å². The molecule has 0 spiro atoms. The molecule has 1 amide bonds. The number of para-hydroxylation sites is 1. The normalized spacial score (nSPS) is 19.6. The van der Waals surface area contributed by atoms with Gasteiger partial charge in [-0.2, -0.15) is 0 Å². The van der Waals surface area contributed by atoms with E-state index in [1.54, 1.807) is 0 Å². The Morgan fingerprint density at radius 2 is 2.16 bits per heavy atom. The Balaban J connectivity index is 1.92. The summed E-state index contributed by atoms with van der Waals surface area (Å²) in [6.45, 7) is 4.50. The van der Waals surface area contributed by atoms with Crippen molar-refractivity contribution >= 4 is 16.8 Å². The first-order valence-corrected chi connectivity index (χ1v) is 6.63. The molecule has 0 bridgehead atoms. The molecule has 0 saturated carbocycles. The molecule has 1 aromatic carbocycles. The third-order valence-electron chi connectivity index (χ3n) is 3.58. The molecule has 2 heterocycles. The van der Waals surface area contributed by atoms with Crippen molar-refractivity contribution in [2.75, 3.05) is 19.6 Å². The molecule has 1 saturated heterocycles. The number of hydrogen-bond donors (Lipinski definition) is 1. The maximum atomic E-state index is 12.5. The lowest BCUT2D eigenvalue weighted by Crippen LogP contribution is -2.52. The van der Waals surface area contributed by atoms with Crippen LogP contribution in [0.25, 0.3) is 10.9 Å². The molecule has 1 N–H and O–H groups in total. The summed E-state index contributed by atoms with van der Waals surface area (Å²) in [5.74, 6) is 0.0275. The lowest BCUT2D eigenvalue weighted by molar-refractivity contribution is 0.0650. The number of carbonyl (C=O) groups is 1. The highest BCUT2D eigenvalue weighted by Crippen LogP contribution is 2.14. The standard InChI is InChI=1S/C15H17N3O/c1-11-10-16-8-9-18(11)15(19)14-7-6-12-4-2-3-5-13(12)17-14/h2-7,11,16H,8-10H2,1H3. The number of benzene rings is 1. The molecule has 19 heavy (non-hydrogen) atoms. The summed E-state index contributed by atoms with van der Waals surface area (Å²) >= 11 is 0. The highest BCUT2D eigenvalue weighted by Gasteiger charge is 2.24. The second kappa shape index (κ2) is 4.97. The molecule has 98 valence electrons. The number of nitrogens with zero attached hydrogens (tertiary/aromatic N) is 2. The number of amides is 1. The molecular formula is C15H17N3O. The van der Waals surface area contributed by atoms with Gasteiger partial charge in [-0.3, -0.25) is 4.79 Å². The lowest BCUT2D eigenvalue weighted by Gasteiger charge is -2.33. The molecule has 1 fully saturated rings. The fraction of sp³-hybridized carbons (Fsp3) is 0.333. The van der Waals surface area contributed by atoms with Gasteiger partial charge in [-0.15, -0.1) is 0 Å². The van der Waals surface area contributed by atoms with E-state index in [2.05, 4.69) is 17.2 Å². The van der Waals surface area contributed by atoms with Gasteiger partial charge in [0.2, 0.25) is 0 Å². The number of rotatable bonds is 1. The van der Waals surface area contributed by atoms with Gasteiger partial charge in [-0.05, 0) is 19.1 Å². The van der Waals surface area contributed by atoms with Crippen LogP contribution in [0.3, 0.4) is 0 Å². The SMILES string of the molecule is CC1CNCCN1C(=O)c1ccc2ccccc2n1. The van der Waals surface area contributed by atoms with E-state index < -0.39 is 0 Å². The van der Waals surface area contributed by atoms with E-state index in [9.17, 15) is 4.79 Å². The molecule has 1 aliphatic heterocycles. The summed E-state index contributed by atoms with van der Waals surface area (Å²) in [5, 5.41) is 4.35. The zero-order valence-corrected chi connectivity index (χ0v) is 11.0. The van der Waals surface area contributed by atoms with Crippen molar-refractivity contribution in [1.29, 1.82) is 0 Å². The third-order valence-corrected chi connectivity index (χ3v) is 3.58. The Hall–Kier alpha value is -1.94. The number of hydrogen-bond acceptors (Lipinski definition) is 3. The Morgan fingerprint density at radius 1 is 1.32 bits per heavy atom. The maximum absolute atomic E-state index is 12.5. The van der Waals surface area contributed by atoms with Gasteiger partial charge in [-0.25, -0.2) is 4.98 Å². The molecule has 1 aliphatic rings. The van der Waals surface area contributed by atoms with Crippen LogP contribution in [-0.4, -0.2) is 41.5 Å². The summed E-state index contributed by atoms with van der Waals surface area (Å²) in [6, 6.07) is 11.9. The Labute approximate surface area is 112 Å². The largest absolute Gasteiger partial charge is 0.332 e. The van der Waals surface area contributed by atoms with Crippen LogP contribution in [0.15, 0.2) is 36.4 Å². The van der Waals surface area contributed by atoms with E-state index >= 15 is 0 Å². The second-order valence-electron chi connectivity index (χ2n) is 4.94. The van der Waals surface area contributed by atoms with Gasteiger partial charge >= 0.3 is 0 Å². The molecule has 1 atom stereocenters. The summed E-state index contributed by atoms with van der Waals surface area (Å²) < 4.78 is 0. The van der Waals surface area contributed by atoms with Gasteiger partial charge in [0.25, 0.3) is 5.91 Å². The van der Waals surface area contributed by atoms with Crippen LogP contribution in [0.2, 0.25) is 0 Å². The van der Waals surface area contributed by atoms with Crippen molar-refractivity contribution < 1.29 is 4.79 Å². The number of carbonyl (C=O) groups excluding carboxylic acids is 1. The average molecular weight is 255 g/mol. The van der Waals surface area contributed by atoms with Crippen molar-refractivity contribution in [2.24, 2.45) is 0 Å². The molecule has 4 nitrogen and oxygen atoms in total. The first-order chi connectivity index (χ1) is 9.25. The fourth-order valence-electron chi connectivity index (χ4n) is 2.48. The summed E-state index contributed by atoms with van der Waals surface area (Å²) in [5.41, 5.74) is 1.41. The van der Waals surface area contributed by atoms with Crippen LogP contribution < -0.4 is 5.32 Å². The Morgan fingerprint density at radius 3 is 3.00 bits per heavy atom. The van der Waals surface area contributed by atoms with E-state index in [0.717, 1.165) is 30.5 Å². The Kier molecular flexibility index (Phi) is 3.17. The molecule has 1 aromatic heterocycles. The minimum absolute atomic E-state index is 0.0275. The summed E-state index contributed by atoms with van der Waals surface area (Å²) in [6.07, 6.45) is 0. The highest BCUT2D eigenvalue weighted by atomic mass is 16.2. The minimum Gasteiger partial charge on any atom is -0.332 e. The van der Waals surface area contributed by atoms with E-state index in [-0.39, 0.29) is 11.9 Å². The highest BCUT2D eigenvalue weighted by molar-refractivity contribution is 5.95. The zero-order valence-electron chi connectivity index (χ0n) is 11.0. The van der Waals surface area contributed by atoms with Gasteiger partial charge in [0.15, 0.2) is 0 Å². The quantitative estimate of drug-likeness (QED) is 0.843. The van der Waals surface area contributed by atoms with Gasteiger partial charge in [0.05, 0.1) is 5.52 Å². The van der Waals surface area contributed by atoms with Crippen LogP contribution >= 0.6 is 0 Å². The van der Waals surface area contributed by atoms with Crippen LogP contribution in [0.4, 0.5) is 0 Å². The number of aromatic nitrogens is 1. The predicted molar refractivity (Wildman–Crippen MR) is 75.1 cm³/mol. The van der Waals surface area contributed by atoms with E-state index in [1.807, 2.05) is 41.3 Å². The number of piperazine rings is 1. The zero-order chi connectivity index (χ0) is 13.2. The molecule has 1 unspecified atom stereocenters. The molecular weight excluding hydrogens is 238 g/mol. The van der Waals surface area contributed by atoms with E-state index in [0.29, 0.717) is 5.69 Å². The molecule has 2 aromatic rings. The van der Waals surface area contributed by atoms with Crippen molar-refractivity contribution in [3.63, 3.8) is 0 Å². The van der Waals surface area contributed by atoms with Crippen molar-refractivity contribution in [1.82, 2.24) is 15.2 Å². The smallest absolute Gasteiger partial charge is 0.272 e. The van der Waals surface area contributed by atoms with Crippen molar-refractivity contribution in [2.45, 2.75) is 13.0 Å². The maximum Gasteiger partial charge on any atom is 0.272 e. The van der Waals surface area contributed by atoms with Gasteiger partial charge in [-0.1, -0.05) is 24.3 Å². The molecule has 3 rings (SSSR count). The van der Waals surface area contributed by atoms with Crippen LogP contribution in [0.1, 0.15) is 17.4 Å². The van der Waals surface area contributed by atoms with Crippen LogP contribution in [-0.2, 0) is 0 Å². The second-order valence-corrected chi connectivity index (χ2v) is 4.94. The van der Waals surface area contributed by atoms with Gasteiger partial charge < -0.3 is 10.2 Å². The molecule has 4 heteroatoms. The lowest BCUT2D eigenvalue weighted by atomic mass is 10.1. The first-order valence-electron chi connectivity index (χ1n) is 6.63. The van der Waals surface area contributed by atoms with E-state index in [1.165, 1.54) is 0 Å². The number of pyridine rings is 1. The minimum atomic E-state index is 0.0275. The summed E-state index contributed by atoms with van der Waals surface area (Å²) in [7, 11) is 0. The molecule has 0 radical (unpaired) electrons. The topological polar surface area (TPSA) is 45.2 Å². The van der Waals surface area contributed by atoms with Crippen molar-refractivity contribution in [3.8, 4) is 0 Å². The third kappa shape index (κ3) is 2.31.